The molecule has 0 aliphatic carbocycles. The molecular formula is C23H21N3O3. The van der Waals surface area contributed by atoms with Crippen LogP contribution in [0.2, 0.25) is 0 Å². The van der Waals surface area contributed by atoms with Crippen molar-refractivity contribution < 1.29 is 14.3 Å². The number of hydrazone groups is 1. The third-order valence-corrected chi connectivity index (χ3v) is 4.01. The zero-order valence-electron chi connectivity index (χ0n) is 16.0. The van der Waals surface area contributed by atoms with Crippen molar-refractivity contribution in [3.05, 3.63) is 95.6 Å². The number of benzene rings is 3. The zero-order chi connectivity index (χ0) is 20.5. The normalized spacial score (nSPS) is 10.5. The molecule has 3 aromatic carbocycles. The Hall–Kier alpha value is -3.93. The van der Waals surface area contributed by atoms with Gasteiger partial charge in [-0.3, -0.25) is 9.59 Å². The van der Waals surface area contributed by atoms with Crippen molar-refractivity contribution in [2.75, 3.05) is 11.9 Å². The minimum Gasteiger partial charge on any atom is -0.494 e. The molecule has 3 rings (SSSR count). The second-order valence-corrected chi connectivity index (χ2v) is 6.10. The molecule has 0 atom stereocenters. The van der Waals surface area contributed by atoms with Crippen LogP contribution in [0.1, 0.15) is 33.2 Å². The molecule has 0 aliphatic heterocycles. The van der Waals surface area contributed by atoms with Crippen molar-refractivity contribution in [2.24, 2.45) is 5.10 Å². The SMILES string of the molecule is CCOc1ccc(C=NNC(=O)c2ccc(NC(=O)c3ccccc3)cc2)cc1. The maximum absolute atomic E-state index is 12.2. The molecule has 0 spiro atoms. The van der Waals surface area contributed by atoms with Crippen LogP contribution < -0.4 is 15.5 Å². The topological polar surface area (TPSA) is 79.8 Å². The first kappa shape index (κ1) is 19.8. The number of carbonyl (C=O) groups is 2. The van der Waals surface area contributed by atoms with E-state index < -0.39 is 0 Å². The molecule has 0 bridgehead atoms. The van der Waals surface area contributed by atoms with E-state index in [1.807, 2.05) is 37.3 Å². The second kappa shape index (κ2) is 9.85. The van der Waals surface area contributed by atoms with Gasteiger partial charge in [-0.15, -0.1) is 0 Å². The fourth-order valence-electron chi connectivity index (χ4n) is 2.54. The van der Waals surface area contributed by atoms with Crippen molar-refractivity contribution in [1.29, 1.82) is 0 Å². The van der Waals surface area contributed by atoms with Crippen LogP contribution in [0, 0.1) is 0 Å². The van der Waals surface area contributed by atoms with Gasteiger partial charge in [-0.1, -0.05) is 18.2 Å². The van der Waals surface area contributed by atoms with E-state index in [-0.39, 0.29) is 11.8 Å². The van der Waals surface area contributed by atoms with E-state index in [9.17, 15) is 9.59 Å². The molecule has 0 saturated carbocycles. The summed E-state index contributed by atoms with van der Waals surface area (Å²) in [5, 5.41) is 6.76. The number of ether oxygens (including phenoxy) is 1. The summed E-state index contributed by atoms with van der Waals surface area (Å²) in [6, 6.07) is 22.9. The molecule has 0 aromatic heterocycles. The van der Waals surface area contributed by atoms with Crippen LogP contribution in [0.3, 0.4) is 0 Å². The molecule has 6 nitrogen and oxygen atoms in total. The molecule has 0 aliphatic rings. The summed E-state index contributed by atoms with van der Waals surface area (Å²) in [5.41, 5.74) is 4.93. The maximum atomic E-state index is 12.2. The Kier molecular flexibility index (Phi) is 6.73. The van der Waals surface area contributed by atoms with E-state index in [4.69, 9.17) is 4.74 Å². The van der Waals surface area contributed by atoms with E-state index >= 15 is 0 Å². The summed E-state index contributed by atoms with van der Waals surface area (Å²) in [6.07, 6.45) is 1.56. The minimum absolute atomic E-state index is 0.206. The van der Waals surface area contributed by atoms with Crippen LogP contribution in [0.4, 0.5) is 5.69 Å². The van der Waals surface area contributed by atoms with Crippen molar-refractivity contribution in [3.8, 4) is 5.75 Å². The quantitative estimate of drug-likeness (QED) is 0.473. The summed E-state index contributed by atoms with van der Waals surface area (Å²) in [4.78, 5) is 24.3. The summed E-state index contributed by atoms with van der Waals surface area (Å²) in [5.74, 6) is 0.240. The number of amides is 2. The molecule has 0 heterocycles. The molecule has 0 radical (unpaired) electrons. The van der Waals surface area contributed by atoms with Gasteiger partial charge in [0.1, 0.15) is 5.75 Å². The smallest absolute Gasteiger partial charge is 0.271 e. The highest BCUT2D eigenvalue weighted by molar-refractivity contribution is 6.04. The average molecular weight is 387 g/mol. The third-order valence-electron chi connectivity index (χ3n) is 4.01. The Morgan fingerprint density at radius 1 is 0.862 bits per heavy atom. The van der Waals surface area contributed by atoms with Gasteiger partial charge in [0.15, 0.2) is 0 Å². The Morgan fingerprint density at radius 3 is 2.17 bits per heavy atom. The van der Waals surface area contributed by atoms with Crippen LogP contribution in [0.25, 0.3) is 0 Å². The van der Waals surface area contributed by atoms with E-state index in [0.717, 1.165) is 11.3 Å². The number of nitrogens with zero attached hydrogens (tertiary/aromatic N) is 1. The molecule has 2 amide bonds. The molecule has 0 unspecified atom stereocenters. The minimum atomic E-state index is -0.340. The van der Waals surface area contributed by atoms with Crippen LogP contribution in [0.5, 0.6) is 5.75 Å². The number of anilines is 1. The summed E-state index contributed by atoms with van der Waals surface area (Å²) >= 11 is 0. The van der Waals surface area contributed by atoms with Crippen molar-refractivity contribution in [2.45, 2.75) is 6.92 Å². The highest BCUT2D eigenvalue weighted by Crippen LogP contribution is 2.12. The highest BCUT2D eigenvalue weighted by Gasteiger charge is 2.07. The first-order chi connectivity index (χ1) is 14.2. The van der Waals surface area contributed by atoms with Crippen LogP contribution in [-0.2, 0) is 0 Å². The van der Waals surface area contributed by atoms with Crippen molar-refractivity contribution >= 4 is 23.7 Å². The van der Waals surface area contributed by atoms with Gasteiger partial charge in [0, 0.05) is 16.8 Å². The molecular weight excluding hydrogens is 366 g/mol. The van der Waals surface area contributed by atoms with Crippen LogP contribution in [0.15, 0.2) is 84.0 Å². The molecule has 146 valence electrons. The van der Waals surface area contributed by atoms with Gasteiger partial charge < -0.3 is 10.1 Å². The van der Waals surface area contributed by atoms with E-state index in [1.54, 1.807) is 54.7 Å². The Morgan fingerprint density at radius 2 is 1.52 bits per heavy atom. The Balaban J connectivity index is 1.54. The monoisotopic (exact) mass is 387 g/mol. The predicted octanol–water partition coefficient (Wildman–Crippen LogP) is 4.10. The summed E-state index contributed by atoms with van der Waals surface area (Å²) in [6.45, 7) is 2.53. The predicted molar refractivity (Wildman–Crippen MR) is 114 cm³/mol. The summed E-state index contributed by atoms with van der Waals surface area (Å²) < 4.78 is 5.38. The third kappa shape index (κ3) is 5.77. The van der Waals surface area contributed by atoms with Gasteiger partial charge >= 0.3 is 0 Å². The van der Waals surface area contributed by atoms with Crippen LogP contribution >= 0.6 is 0 Å². The zero-order valence-corrected chi connectivity index (χ0v) is 16.0. The van der Waals surface area contributed by atoms with Gasteiger partial charge in [-0.05, 0) is 73.2 Å². The van der Waals surface area contributed by atoms with E-state index in [1.165, 1.54) is 0 Å². The van der Waals surface area contributed by atoms with Crippen molar-refractivity contribution in [1.82, 2.24) is 5.43 Å². The van der Waals surface area contributed by atoms with Gasteiger partial charge in [0.25, 0.3) is 11.8 Å². The summed E-state index contributed by atoms with van der Waals surface area (Å²) in [7, 11) is 0. The first-order valence-electron chi connectivity index (χ1n) is 9.18. The standard InChI is InChI=1S/C23H21N3O3/c1-2-29-21-14-8-17(9-15-21)16-24-26-23(28)19-10-12-20(13-11-19)25-22(27)18-6-4-3-5-7-18/h3-16H,2H2,1H3,(H,25,27)(H,26,28). The van der Waals surface area contributed by atoms with E-state index in [2.05, 4.69) is 15.8 Å². The fraction of sp³-hybridized carbons (Fsp3) is 0.0870. The van der Waals surface area contributed by atoms with Gasteiger partial charge in [-0.2, -0.15) is 5.10 Å². The molecule has 2 N–H and O–H groups in total. The van der Waals surface area contributed by atoms with Gasteiger partial charge in [0.05, 0.1) is 12.8 Å². The lowest BCUT2D eigenvalue weighted by Gasteiger charge is -2.06. The molecule has 0 fully saturated rings. The first-order valence-corrected chi connectivity index (χ1v) is 9.18. The fourth-order valence-corrected chi connectivity index (χ4v) is 2.54. The Labute approximate surface area is 169 Å². The Bertz CT molecular complexity index is 982. The van der Waals surface area contributed by atoms with Gasteiger partial charge in [0.2, 0.25) is 0 Å². The van der Waals surface area contributed by atoms with E-state index in [0.29, 0.717) is 23.4 Å². The highest BCUT2D eigenvalue weighted by atomic mass is 16.5. The number of nitrogens with one attached hydrogen (secondary N) is 2. The molecule has 0 saturated heterocycles. The number of hydrogen-bond acceptors (Lipinski definition) is 4. The molecule has 6 heteroatoms. The number of hydrogen-bond donors (Lipinski definition) is 2. The van der Waals surface area contributed by atoms with Gasteiger partial charge in [-0.25, -0.2) is 5.43 Å². The van der Waals surface area contributed by atoms with Crippen LogP contribution in [-0.4, -0.2) is 24.6 Å². The lowest BCUT2D eigenvalue weighted by Crippen LogP contribution is -2.17. The maximum Gasteiger partial charge on any atom is 0.271 e. The lowest BCUT2D eigenvalue weighted by atomic mass is 10.1. The molecule has 3 aromatic rings. The molecule has 29 heavy (non-hydrogen) atoms. The lowest BCUT2D eigenvalue weighted by molar-refractivity contribution is 0.0954. The second-order valence-electron chi connectivity index (χ2n) is 6.10. The largest absolute Gasteiger partial charge is 0.494 e. The average Bonchev–Trinajstić information content (AvgIpc) is 2.76. The number of rotatable bonds is 7. The number of carbonyl (C=O) groups excluding carboxylic acids is 2. The van der Waals surface area contributed by atoms with Crippen molar-refractivity contribution in [3.63, 3.8) is 0 Å².